The van der Waals surface area contributed by atoms with Crippen LogP contribution in [0.25, 0.3) is 0 Å². The van der Waals surface area contributed by atoms with Crippen molar-refractivity contribution in [3.8, 4) is 5.75 Å². The van der Waals surface area contributed by atoms with Crippen molar-refractivity contribution in [1.82, 2.24) is 0 Å². The number of nitrogens with one attached hydrogen (secondary N) is 1. The van der Waals surface area contributed by atoms with E-state index in [2.05, 4.69) is 10.3 Å². The number of ether oxygens (including phenoxy) is 1. The maximum absolute atomic E-state index is 11.9. The molecule has 6 nitrogen and oxygen atoms in total. The highest BCUT2D eigenvalue weighted by atomic mass is 32.2. The number of amidine groups is 1. The fraction of sp³-hybridized carbons (Fsp3) is 0.250. The van der Waals surface area contributed by atoms with E-state index in [9.17, 15) is 9.59 Å². The number of amides is 2. The molecule has 0 saturated carbocycles. The zero-order valence-corrected chi connectivity index (χ0v) is 11.1. The first kappa shape index (κ1) is 13.4. The molecule has 1 aliphatic rings. The molecule has 1 aromatic carbocycles. The molecule has 100 valence electrons. The first-order valence-corrected chi connectivity index (χ1v) is 6.45. The van der Waals surface area contributed by atoms with Gasteiger partial charge in [-0.25, -0.2) is 0 Å². The molecule has 7 heteroatoms. The Morgan fingerprint density at radius 2 is 2.26 bits per heavy atom. The van der Waals surface area contributed by atoms with E-state index >= 15 is 0 Å². The van der Waals surface area contributed by atoms with Gasteiger partial charge in [0.2, 0.25) is 5.91 Å². The number of nitrogens with zero attached hydrogens (tertiary/aromatic N) is 1. The Bertz CT molecular complexity index is 545. The van der Waals surface area contributed by atoms with Crippen molar-refractivity contribution < 1.29 is 14.3 Å². The van der Waals surface area contributed by atoms with E-state index in [1.54, 1.807) is 24.3 Å². The standard InChI is InChI=1S/C12H13N3O3S/c1-18-8-5-3-2-4-7(8)14-10(16)6-9-11(17)15-12(13)19-9/h2-5,9H,6H2,1H3,(H,14,16)(H2,13,15,17). The van der Waals surface area contributed by atoms with Gasteiger partial charge in [0.05, 0.1) is 12.8 Å². The Kier molecular flexibility index (Phi) is 4.06. The van der Waals surface area contributed by atoms with Gasteiger partial charge in [-0.15, -0.1) is 0 Å². The van der Waals surface area contributed by atoms with E-state index < -0.39 is 5.25 Å². The number of rotatable bonds is 4. The fourth-order valence-electron chi connectivity index (χ4n) is 1.65. The molecule has 0 saturated heterocycles. The second-order valence-corrected chi connectivity index (χ2v) is 5.07. The third-order valence-corrected chi connectivity index (χ3v) is 3.50. The second kappa shape index (κ2) is 5.75. The number of hydrogen-bond donors (Lipinski definition) is 2. The lowest BCUT2D eigenvalue weighted by atomic mass is 10.2. The number of hydrogen-bond acceptors (Lipinski definition) is 5. The summed E-state index contributed by atoms with van der Waals surface area (Å²) in [4.78, 5) is 26.8. The number of carbonyl (C=O) groups excluding carboxylic acids is 2. The zero-order valence-electron chi connectivity index (χ0n) is 10.3. The lowest BCUT2D eigenvalue weighted by molar-refractivity contribution is -0.121. The molecule has 3 N–H and O–H groups in total. The number of anilines is 1. The number of aliphatic imine (C=N–C) groups is 1. The molecule has 19 heavy (non-hydrogen) atoms. The lowest BCUT2D eigenvalue weighted by Crippen LogP contribution is -2.21. The Hall–Kier alpha value is -2.02. The summed E-state index contributed by atoms with van der Waals surface area (Å²) in [6, 6.07) is 7.06. The van der Waals surface area contributed by atoms with Gasteiger partial charge in [-0.3, -0.25) is 9.59 Å². The predicted molar refractivity (Wildman–Crippen MR) is 74.2 cm³/mol. The van der Waals surface area contributed by atoms with Gasteiger partial charge in [-0.05, 0) is 12.1 Å². The lowest BCUT2D eigenvalue weighted by Gasteiger charge is -2.11. The van der Waals surface area contributed by atoms with Crippen LogP contribution in [0.1, 0.15) is 6.42 Å². The van der Waals surface area contributed by atoms with Gasteiger partial charge < -0.3 is 15.8 Å². The first-order chi connectivity index (χ1) is 9.10. The van der Waals surface area contributed by atoms with Crippen LogP contribution >= 0.6 is 11.8 Å². The summed E-state index contributed by atoms with van der Waals surface area (Å²) in [5, 5.41) is 2.38. The van der Waals surface area contributed by atoms with Crippen LogP contribution in [-0.2, 0) is 9.59 Å². The van der Waals surface area contributed by atoms with Crippen molar-refractivity contribution in [2.45, 2.75) is 11.7 Å². The Morgan fingerprint density at radius 3 is 2.89 bits per heavy atom. The summed E-state index contributed by atoms with van der Waals surface area (Å²) in [6.07, 6.45) is 0.0335. The highest BCUT2D eigenvalue weighted by Gasteiger charge is 2.29. The van der Waals surface area contributed by atoms with Crippen molar-refractivity contribution in [3.63, 3.8) is 0 Å². The van der Waals surface area contributed by atoms with Crippen molar-refractivity contribution in [1.29, 1.82) is 0 Å². The van der Waals surface area contributed by atoms with E-state index in [1.165, 1.54) is 7.11 Å². The molecule has 0 fully saturated rings. The number of benzene rings is 1. The molecule has 0 aliphatic carbocycles. The Balaban J connectivity index is 1.97. The smallest absolute Gasteiger partial charge is 0.262 e. The van der Waals surface area contributed by atoms with Crippen LogP contribution in [0.4, 0.5) is 5.69 Å². The van der Waals surface area contributed by atoms with E-state index in [0.717, 1.165) is 11.8 Å². The maximum atomic E-state index is 11.9. The fourth-order valence-corrected chi connectivity index (χ4v) is 2.47. The number of methoxy groups -OCH3 is 1. The van der Waals surface area contributed by atoms with Gasteiger partial charge in [0.15, 0.2) is 5.17 Å². The Labute approximate surface area is 114 Å². The van der Waals surface area contributed by atoms with Crippen LogP contribution in [0.3, 0.4) is 0 Å². The van der Waals surface area contributed by atoms with Gasteiger partial charge >= 0.3 is 0 Å². The molecule has 1 aromatic rings. The molecular weight excluding hydrogens is 266 g/mol. The largest absolute Gasteiger partial charge is 0.495 e. The minimum Gasteiger partial charge on any atom is -0.495 e. The molecule has 1 unspecified atom stereocenters. The zero-order chi connectivity index (χ0) is 13.8. The quantitative estimate of drug-likeness (QED) is 0.857. The molecule has 1 aliphatic heterocycles. The van der Waals surface area contributed by atoms with E-state index in [0.29, 0.717) is 11.4 Å². The third kappa shape index (κ3) is 3.25. The summed E-state index contributed by atoms with van der Waals surface area (Å²) in [6.45, 7) is 0. The maximum Gasteiger partial charge on any atom is 0.262 e. The van der Waals surface area contributed by atoms with Crippen LogP contribution in [0.15, 0.2) is 29.3 Å². The van der Waals surface area contributed by atoms with Gasteiger partial charge in [-0.1, -0.05) is 23.9 Å². The monoisotopic (exact) mass is 279 g/mol. The molecule has 1 atom stereocenters. The summed E-state index contributed by atoms with van der Waals surface area (Å²) in [5.41, 5.74) is 6.00. The van der Waals surface area contributed by atoms with Crippen LogP contribution in [0.5, 0.6) is 5.75 Å². The van der Waals surface area contributed by atoms with E-state index in [4.69, 9.17) is 10.5 Å². The topological polar surface area (TPSA) is 93.8 Å². The molecule has 0 spiro atoms. The van der Waals surface area contributed by atoms with Crippen LogP contribution in [0.2, 0.25) is 0 Å². The van der Waals surface area contributed by atoms with E-state index in [-0.39, 0.29) is 23.4 Å². The molecule has 2 rings (SSSR count). The van der Waals surface area contributed by atoms with Crippen molar-refractivity contribution in [2.24, 2.45) is 10.7 Å². The summed E-state index contributed by atoms with van der Waals surface area (Å²) in [7, 11) is 1.52. The third-order valence-electron chi connectivity index (χ3n) is 2.51. The molecule has 0 aromatic heterocycles. The predicted octanol–water partition coefficient (Wildman–Crippen LogP) is 0.980. The number of para-hydroxylation sites is 2. The summed E-state index contributed by atoms with van der Waals surface area (Å²) in [5.74, 6) is -0.0741. The van der Waals surface area contributed by atoms with Gasteiger partial charge in [0.25, 0.3) is 5.91 Å². The van der Waals surface area contributed by atoms with Gasteiger partial charge in [0, 0.05) is 6.42 Å². The minimum atomic E-state index is -0.533. The molecule has 2 amide bonds. The normalized spacial score (nSPS) is 18.1. The average molecular weight is 279 g/mol. The summed E-state index contributed by atoms with van der Waals surface area (Å²) >= 11 is 1.11. The number of carbonyl (C=O) groups is 2. The van der Waals surface area contributed by atoms with E-state index in [1.807, 2.05) is 0 Å². The molecule has 1 heterocycles. The molecular formula is C12H13N3O3S. The van der Waals surface area contributed by atoms with Crippen molar-refractivity contribution in [2.75, 3.05) is 12.4 Å². The van der Waals surface area contributed by atoms with Crippen LogP contribution < -0.4 is 15.8 Å². The van der Waals surface area contributed by atoms with Crippen LogP contribution in [0, 0.1) is 0 Å². The SMILES string of the molecule is COc1ccccc1NC(=O)CC1SC(N)=NC1=O. The second-order valence-electron chi connectivity index (χ2n) is 3.85. The van der Waals surface area contributed by atoms with Gasteiger partial charge in [-0.2, -0.15) is 4.99 Å². The van der Waals surface area contributed by atoms with Crippen molar-refractivity contribution in [3.05, 3.63) is 24.3 Å². The highest BCUT2D eigenvalue weighted by molar-refractivity contribution is 8.15. The molecule has 0 bridgehead atoms. The average Bonchev–Trinajstić information content (AvgIpc) is 2.68. The highest BCUT2D eigenvalue weighted by Crippen LogP contribution is 2.26. The minimum absolute atomic E-state index is 0.0335. The number of nitrogens with two attached hydrogens (primary N) is 1. The van der Waals surface area contributed by atoms with Gasteiger partial charge in [0.1, 0.15) is 11.0 Å². The number of thioether (sulfide) groups is 1. The van der Waals surface area contributed by atoms with Crippen molar-refractivity contribution >= 4 is 34.4 Å². The summed E-state index contributed by atoms with van der Waals surface area (Å²) < 4.78 is 5.12. The Morgan fingerprint density at radius 1 is 1.53 bits per heavy atom. The molecule has 0 radical (unpaired) electrons. The van der Waals surface area contributed by atoms with Crippen LogP contribution in [-0.4, -0.2) is 29.3 Å². The first-order valence-electron chi connectivity index (χ1n) is 5.57.